The molecule has 0 aliphatic rings. The van der Waals surface area contributed by atoms with Crippen LogP contribution in [0.3, 0.4) is 0 Å². The van der Waals surface area contributed by atoms with E-state index < -0.39 is 42.3 Å². The summed E-state index contributed by atoms with van der Waals surface area (Å²) in [4.78, 5) is 0. The average Bonchev–Trinajstić information content (AvgIpc) is 2.86. The Morgan fingerprint density at radius 1 is 0.303 bits per heavy atom. The minimum atomic E-state index is -2.20. The molecular formula is C20H52O8Si5. The van der Waals surface area contributed by atoms with Crippen molar-refractivity contribution in [2.75, 3.05) is 56.9 Å². The van der Waals surface area contributed by atoms with E-state index in [-0.39, 0.29) is 0 Å². The Labute approximate surface area is 208 Å². The van der Waals surface area contributed by atoms with Crippen molar-refractivity contribution in [2.45, 2.75) is 74.5 Å². The molecule has 0 aliphatic carbocycles. The SMILES string of the molecule is CO[Si](C)(CC[Si](CC[Si](C)(OC)OC)(CC[Si](C)(OC)OC)CC[Si](C)(OC)OC)OC. The van der Waals surface area contributed by atoms with Gasteiger partial charge in [-0.2, -0.15) is 0 Å². The van der Waals surface area contributed by atoms with Gasteiger partial charge in [0.2, 0.25) is 0 Å². The number of hydrogen-bond donors (Lipinski definition) is 0. The molecule has 0 heterocycles. The van der Waals surface area contributed by atoms with E-state index in [1.807, 2.05) is 0 Å². The number of rotatable bonds is 20. The molecule has 13 heteroatoms. The van der Waals surface area contributed by atoms with Crippen LogP contribution >= 0.6 is 0 Å². The van der Waals surface area contributed by atoms with Crippen molar-refractivity contribution >= 4 is 42.3 Å². The minimum absolute atomic E-state index is 0.973. The molecule has 0 aliphatic heterocycles. The molecule has 0 aromatic rings. The van der Waals surface area contributed by atoms with Crippen LogP contribution in [0.15, 0.2) is 0 Å². The maximum Gasteiger partial charge on any atom is 0.334 e. The van der Waals surface area contributed by atoms with Gasteiger partial charge in [-0.15, -0.1) is 0 Å². The van der Waals surface area contributed by atoms with Crippen molar-refractivity contribution in [1.29, 1.82) is 0 Å². The Morgan fingerprint density at radius 2 is 0.455 bits per heavy atom. The highest BCUT2D eigenvalue weighted by Gasteiger charge is 2.44. The molecule has 0 amide bonds. The maximum absolute atomic E-state index is 5.86. The smallest absolute Gasteiger partial charge is 0.334 e. The first-order chi connectivity index (χ1) is 15.3. The molecule has 33 heavy (non-hydrogen) atoms. The summed E-state index contributed by atoms with van der Waals surface area (Å²) in [6, 6.07) is 8.41. The van der Waals surface area contributed by atoms with Crippen LogP contribution in [0.4, 0.5) is 0 Å². The summed E-state index contributed by atoms with van der Waals surface area (Å²) in [5.74, 6) is 0. The third kappa shape index (κ3) is 11.1. The molecule has 0 spiro atoms. The third-order valence-corrected chi connectivity index (χ3v) is 26.7. The second kappa shape index (κ2) is 15.1. The van der Waals surface area contributed by atoms with E-state index in [9.17, 15) is 0 Å². The van der Waals surface area contributed by atoms with Gasteiger partial charge in [-0.1, -0.05) is 24.2 Å². The normalized spacial score (nSPS) is 14.2. The molecule has 0 saturated heterocycles. The summed E-state index contributed by atoms with van der Waals surface area (Å²) in [6.45, 7) is 8.62. The Bertz CT molecular complexity index is 433. The van der Waals surface area contributed by atoms with E-state index in [0.29, 0.717) is 0 Å². The topological polar surface area (TPSA) is 73.8 Å². The molecule has 0 bridgehead atoms. The quantitative estimate of drug-likeness (QED) is 0.195. The van der Waals surface area contributed by atoms with Gasteiger partial charge in [0.25, 0.3) is 0 Å². The molecular weight excluding hydrogens is 509 g/mol. The molecule has 8 nitrogen and oxygen atoms in total. The lowest BCUT2D eigenvalue weighted by Gasteiger charge is -2.39. The highest BCUT2D eigenvalue weighted by Crippen LogP contribution is 2.39. The Kier molecular flexibility index (Phi) is 15.5. The Balaban J connectivity index is 6.10. The van der Waals surface area contributed by atoms with Gasteiger partial charge in [0.05, 0.1) is 8.07 Å². The lowest BCUT2D eigenvalue weighted by molar-refractivity contribution is 0.250. The lowest BCUT2D eigenvalue weighted by atomic mass is 10.9. The van der Waals surface area contributed by atoms with Gasteiger partial charge in [-0.25, -0.2) is 0 Å². The van der Waals surface area contributed by atoms with Gasteiger partial charge >= 0.3 is 34.2 Å². The van der Waals surface area contributed by atoms with Crippen molar-refractivity contribution in [3.63, 3.8) is 0 Å². The Morgan fingerprint density at radius 3 is 0.576 bits per heavy atom. The summed E-state index contributed by atoms with van der Waals surface area (Å²) < 4.78 is 46.9. The molecule has 0 atom stereocenters. The zero-order valence-electron chi connectivity index (χ0n) is 23.4. The van der Waals surface area contributed by atoms with Crippen molar-refractivity contribution in [1.82, 2.24) is 0 Å². The zero-order chi connectivity index (χ0) is 25.8. The first kappa shape index (κ1) is 33.8. The molecule has 0 saturated carbocycles. The van der Waals surface area contributed by atoms with E-state index in [1.165, 1.54) is 0 Å². The third-order valence-electron chi connectivity index (χ3n) is 7.89. The van der Waals surface area contributed by atoms with E-state index in [2.05, 4.69) is 26.2 Å². The predicted octanol–water partition coefficient (Wildman–Crippen LogP) is 4.89. The minimum Gasteiger partial charge on any atom is -0.398 e. The summed E-state index contributed by atoms with van der Waals surface area (Å²) in [5, 5.41) is 0. The standard InChI is InChI=1S/C20H52O8Si5/c1-21-29(9,22-2)13-17-33(18-14-30(10,23-3)24-4,19-15-31(11,25-5)26-6)20-16-32(12,27-7)28-8/h13-20H2,1-12H3. The van der Waals surface area contributed by atoms with Crippen molar-refractivity contribution in [3.8, 4) is 0 Å². The van der Waals surface area contributed by atoms with E-state index in [4.69, 9.17) is 35.4 Å². The summed E-state index contributed by atoms with van der Waals surface area (Å²) >= 11 is 0. The second-order valence-corrected chi connectivity index (χ2v) is 29.0. The largest absolute Gasteiger partial charge is 0.398 e. The highest BCUT2D eigenvalue weighted by atomic mass is 28.4. The van der Waals surface area contributed by atoms with Crippen LogP contribution in [0.5, 0.6) is 0 Å². The summed E-state index contributed by atoms with van der Waals surface area (Å²) in [7, 11) is 3.54. The van der Waals surface area contributed by atoms with Gasteiger partial charge in [-0.05, 0) is 50.4 Å². The second-order valence-electron chi connectivity index (χ2n) is 9.67. The molecule has 0 aromatic heterocycles. The monoisotopic (exact) mass is 560 g/mol. The maximum atomic E-state index is 5.86. The van der Waals surface area contributed by atoms with E-state index in [1.54, 1.807) is 56.9 Å². The Hall–Kier alpha value is 0.764. The molecule has 0 fully saturated rings. The lowest BCUT2D eigenvalue weighted by Crippen LogP contribution is -2.47. The highest BCUT2D eigenvalue weighted by molar-refractivity contribution is 6.85. The molecule has 200 valence electrons. The zero-order valence-corrected chi connectivity index (χ0v) is 28.4. The number of hydrogen-bond acceptors (Lipinski definition) is 8. The molecule has 0 rings (SSSR count). The fraction of sp³-hybridized carbons (Fsp3) is 1.00. The summed E-state index contributed by atoms with van der Waals surface area (Å²) in [5.41, 5.74) is 0. The fourth-order valence-electron chi connectivity index (χ4n) is 3.87. The van der Waals surface area contributed by atoms with Gasteiger partial charge < -0.3 is 35.4 Å². The van der Waals surface area contributed by atoms with Gasteiger partial charge in [0.1, 0.15) is 0 Å². The van der Waals surface area contributed by atoms with Crippen LogP contribution in [-0.2, 0) is 35.4 Å². The van der Waals surface area contributed by atoms with Crippen LogP contribution in [0.1, 0.15) is 0 Å². The summed E-state index contributed by atoms with van der Waals surface area (Å²) in [6.07, 6.45) is 0. The van der Waals surface area contributed by atoms with Crippen LogP contribution in [-0.4, -0.2) is 99.2 Å². The molecule has 0 unspecified atom stereocenters. The van der Waals surface area contributed by atoms with E-state index in [0.717, 1.165) is 48.4 Å². The van der Waals surface area contributed by atoms with Crippen LogP contribution < -0.4 is 0 Å². The average molecular weight is 561 g/mol. The van der Waals surface area contributed by atoms with E-state index >= 15 is 0 Å². The van der Waals surface area contributed by atoms with Gasteiger partial charge in [0, 0.05) is 56.9 Å². The molecule has 0 aromatic carbocycles. The van der Waals surface area contributed by atoms with Crippen LogP contribution in [0, 0.1) is 0 Å². The predicted molar refractivity (Wildman–Crippen MR) is 147 cm³/mol. The fourth-order valence-corrected chi connectivity index (χ4v) is 23.4. The van der Waals surface area contributed by atoms with Crippen LogP contribution in [0.2, 0.25) is 74.5 Å². The van der Waals surface area contributed by atoms with Crippen molar-refractivity contribution in [2.24, 2.45) is 0 Å². The molecule has 0 N–H and O–H groups in total. The van der Waals surface area contributed by atoms with Gasteiger partial charge in [0.15, 0.2) is 0 Å². The van der Waals surface area contributed by atoms with Crippen LogP contribution in [0.25, 0.3) is 0 Å². The first-order valence-corrected chi connectivity index (χ1v) is 24.7. The molecule has 0 radical (unpaired) electrons. The van der Waals surface area contributed by atoms with Crippen molar-refractivity contribution < 1.29 is 35.4 Å². The first-order valence-electron chi connectivity index (χ1n) is 11.7. The van der Waals surface area contributed by atoms with Gasteiger partial charge in [-0.3, -0.25) is 0 Å². The van der Waals surface area contributed by atoms with Crippen molar-refractivity contribution in [3.05, 3.63) is 0 Å².